The van der Waals surface area contributed by atoms with Gasteiger partial charge in [-0.1, -0.05) is 0 Å². The van der Waals surface area contributed by atoms with E-state index in [4.69, 9.17) is 0 Å². The maximum atomic E-state index is 4.08. The van der Waals surface area contributed by atoms with E-state index in [0.29, 0.717) is 0 Å². The van der Waals surface area contributed by atoms with Crippen LogP contribution in [0.15, 0.2) is 45.9 Å². The van der Waals surface area contributed by atoms with E-state index < -0.39 is 0 Å². The lowest BCUT2D eigenvalue weighted by Gasteiger charge is -2.01. The molecule has 2 aromatic heterocycles. The van der Waals surface area contributed by atoms with Gasteiger partial charge in [0.05, 0.1) is 0 Å². The van der Waals surface area contributed by atoms with Crippen LogP contribution in [0.1, 0.15) is 0 Å². The normalized spacial score (nSPS) is 10.1. The molecule has 0 aromatic carbocycles. The van der Waals surface area contributed by atoms with Crippen molar-refractivity contribution < 1.29 is 0 Å². The third-order valence-corrected chi connectivity index (χ3v) is 2.65. The summed E-state index contributed by atoms with van der Waals surface area (Å²) in [7, 11) is 0. The van der Waals surface area contributed by atoms with Crippen molar-refractivity contribution in [3.8, 4) is 11.1 Å². The molecule has 0 radical (unpaired) electrons. The van der Waals surface area contributed by atoms with Crippen LogP contribution in [0, 0.1) is 0 Å². The van der Waals surface area contributed by atoms with Gasteiger partial charge in [0.2, 0.25) is 0 Å². The van der Waals surface area contributed by atoms with Gasteiger partial charge >= 0.3 is 0 Å². The van der Waals surface area contributed by atoms with E-state index in [-0.39, 0.29) is 0 Å². The summed E-state index contributed by atoms with van der Waals surface area (Å²) in [6.45, 7) is 0. The molecule has 0 atom stereocenters. The number of pyridine rings is 2. The third kappa shape index (κ3) is 2.19. The van der Waals surface area contributed by atoms with Gasteiger partial charge in [-0.15, -0.1) is 0 Å². The lowest BCUT2D eigenvalue weighted by atomic mass is 10.1. The van der Waals surface area contributed by atoms with Crippen molar-refractivity contribution in [1.82, 2.24) is 9.97 Å². The summed E-state index contributed by atoms with van der Waals surface area (Å²) < 4.78 is 1.67. The van der Waals surface area contributed by atoms with Gasteiger partial charge in [0, 0.05) is 12.4 Å². The third-order valence-electron chi connectivity index (χ3n) is 1.79. The average molecular weight is 314 g/mol. The zero-order valence-electron chi connectivity index (χ0n) is 7.11. The number of nitrogens with zero attached hydrogens (tertiary/aromatic N) is 2. The summed E-state index contributed by atoms with van der Waals surface area (Å²) in [5.74, 6) is 0. The molecule has 0 unspecified atom stereocenters. The van der Waals surface area contributed by atoms with Crippen LogP contribution >= 0.6 is 31.9 Å². The minimum atomic E-state index is 0.836. The second-order valence-electron chi connectivity index (χ2n) is 2.73. The van der Waals surface area contributed by atoms with Crippen molar-refractivity contribution in [1.29, 1.82) is 0 Å². The van der Waals surface area contributed by atoms with Gasteiger partial charge in [-0.2, -0.15) is 0 Å². The van der Waals surface area contributed by atoms with Crippen LogP contribution in [-0.2, 0) is 0 Å². The molecule has 2 nitrogen and oxygen atoms in total. The average Bonchev–Trinajstić information content (AvgIpc) is 2.18. The summed E-state index contributed by atoms with van der Waals surface area (Å²) >= 11 is 6.68. The molecule has 0 saturated heterocycles. The Hall–Kier alpha value is -0.740. The molecule has 14 heavy (non-hydrogen) atoms. The van der Waals surface area contributed by atoms with Crippen LogP contribution < -0.4 is 0 Å². The maximum absolute atomic E-state index is 4.08. The van der Waals surface area contributed by atoms with Crippen LogP contribution in [0.2, 0.25) is 0 Å². The van der Waals surface area contributed by atoms with Crippen LogP contribution in [0.5, 0.6) is 0 Å². The number of rotatable bonds is 1. The maximum Gasteiger partial charge on any atom is 0.106 e. The van der Waals surface area contributed by atoms with Crippen molar-refractivity contribution in [2.24, 2.45) is 0 Å². The molecular formula is C10H6Br2N2. The van der Waals surface area contributed by atoms with E-state index in [0.717, 1.165) is 20.3 Å². The standard InChI is InChI=1S/C10H6Br2N2/c11-9-5-7(1-3-13-9)8-2-4-14-10(12)6-8/h1-6H. The summed E-state index contributed by atoms with van der Waals surface area (Å²) in [6, 6.07) is 7.88. The summed E-state index contributed by atoms with van der Waals surface area (Å²) in [5, 5.41) is 0. The molecule has 2 heterocycles. The van der Waals surface area contributed by atoms with Gasteiger partial charge in [-0.3, -0.25) is 0 Å². The van der Waals surface area contributed by atoms with Gasteiger partial charge < -0.3 is 0 Å². The highest BCUT2D eigenvalue weighted by Crippen LogP contribution is 2.22. The first-order valence-corrected chi connectivity index (χ1v) is 5.58. The molecule has 0 bridgehead atoms. The van der Waals surface area contributed by atoms with E-state index in [9.17, 15) is 0 Å². The summed E-state index contributed by atoms with van der Waals surface area (Å²) in [6.07, 6.45) is 3.54. The predicted molar refractivity (Wildman–Crippen MR) is 62.9 cm³/mol. The minimum absolute atomic E-state index is 0.836. The van der Waals surface area contributed by atoms with Gasteiger partial charge in [-0.05, 0) is 67.3 Å². The van der Waals surface area contributed by atoms with Crippen LogP contribution in [0.25, 0.3) is 11.1 Å². The monoisotopic (exact) mass is 312 g/mol. The fourth-order valence-electron chi connectivity index (χ4n) is 1.16. The Labute approximate surface area is 98.7 Å². The molecule has 0 saturated carbocycles. The van der Waals surface area contributed by atoms with Crippen molar-refractivity contribution >= 4 is 31.9 Å². The van der Waals surface area contributed by atoms with Crippen molar-refractivity contribution in [2.45, 2.75) is 0 Å². The molecule has 70 valence electrons. The highest BCUT2D eigenvalue weighted by atomic mass is 79.9. The first-order chi connectivity index (χ1) is 6.75. The Morgan fingerprint density at radius 1 is 0.786 bits per heavy atom. The van der Waals surface area contributed by atoms with Gasteiger partial charge in [-0.25, -0.2) is 9.97 Å². The molecular weight excluding hydrogens is 308 g/mol. The van der Waals surface area contributed by atoms with Crippen LogP contribution in [0.3, 0.4) is 0 Å². The lowest BCUT2D eigenvalue weighted by molar-refractivity contribution is 1.26. The molecule has 4 heteroatoms. The van der Waals surface area contributed by atoms with E-state index in [1.165, 1.54) is 0 Å². The fraction of sp³-hybridized carbons (Fsp3) is 0. The minimum Gasteiger partial charge on any atom is -0.249 e. The van der Waals surface area contributed by atoms with Crippen LogP contribution in [-0.4, -0.2) is 9.97 Å². The quantitative estimate of drug-likeness (QED) is 0.751. The molecule has 0 aliphatic rings. The fourth-order valence-corrected chi connectivity index (χ4v) is 1.89. The molecule has 0 N–H and O–H groups in total. The highest BCUT2D eigenvalue weighted by molar-refractivity contribution is 9.10. The van der Waals surface area contributed by atoms with E-state index in [1.54, 1.807) is 12.4 Å². The molecule has 0 amide bonds. The first-order valence-electron chi connectivity index (χ1n) is 3.99. The highest BCUT2D eigenvalue weighted by Gasteiger charge is 1.99. The summed E-state index contributed by atoms with van der Waals surface area (Å²) in [5.41, 5.74) is 2.24. The van der Waals surface area contributed by atoms with Gasteiger partial charge in [0.15, 0.2) is 0 Å². The number of hydrogen-bond acceptors (Lipinski definition) is 2. The lowest BCUT2D eigenvalue weighted by Crippen LogP contribution is -1.81. The van der Waals surface area contributed by atoms with Gasteiger partial charge in [0.25, 0.3) is 0 Å². The Morgan fingerprint density at radius 2 is 1.21 bits per heavy atom. The molecule has 0 aliphatic carbocycles. The van der Waals surface area contributed by atoms with Crippen molar-refractivity contribution in [3.63, 3.8) is 0 Å². The largest absolute Gasteiger partial charge is 0.249 e. The Bertz CT molecular complexity index is 414. The topological polar surface area (TPSA) is 25.8 Å². The molecule has 0 aliphatic heterocycles. The Kier molecular flexibility index (Phi) is 2.93. The molecule has 2 rings (SSSR count). The number of aromatic nitrogens is 2. The van der Waals surface area contributed by atoms with E-state index in [2.05, 4.69) is 41.8 Å². The summed E-state index contributed by atoms with van der Waals surface area (Å²) in [4.78, 5) is 8.15. The number of halogens is 2. The second-order valence-corrected chi connectivity index (χ2v) is 4.36. The zero-order valence-corrected chi connectivity index (χ0v) is 10.3. The Morgan fingerprint density at radius 3 is 1.57 bits per heavy atom. The molecule has 0 fully saturated rings. The number of hydrogen-bond donors (Lipinski definition) is 0. The predicted octanol–water partition coefficient (Wildman–Crippen LogP) is 3.67. The molecule has 0 spiro atoms. The zero-order chi connectivity index (χ0) is 9.97. The smallest absolute Gasteiger partial charge is 0.106 e. The van der Waals surface area contributed by atoms with Crippen molar-refractivity contribution in [2.75, 3.05) is 0 Å². The second kappa shape index (κ2) is 4.19. The van der Waals surface area contributed by atoms with Crippen LogP contribution in [0.4, 0.5) is 0 Å². The van der Waals surface area contributed by atoms with E-state index in [1.807, 2.05) is 24.3 Å². The van der Waals surface area contributed by atoms with E-state index >= 15 is 0 Å². The van der Waals surface area contributed by atoms with Gasteiger partial charge in [0.1, 0.15) is 9.21 Å². The first kappa shape index (κ1) is 9.80. The Balaban J connectivity index is 2.49. The SMILES string of the molecule is Brc1cc(-c2ccnc(Br)c2)ccn1. The molecule has 2 aromatic rings. The van der Waals surface area contributed by atoms with Crippen molar-refractivity contribution in [3.05, 3.63) is 45.9 Å².